The minimum absolute atomic E-state index is 0.118. The number of para-hydroxylation sites is 1. The molecule has 1 aliphatic rings. The average molecular weight is 377 g/mol. The zero-order valence-corrected chi connectivity index (χ0v) is 15.1. The fourth-order valence-corrected chi connectivity index (χ4v) is 3.25. The van der Waals surface area contributed by atoms with Crippen LogP contribution in [0.25, 0.3) is 0 Å². The second kappa shape index (κ2) is 7.87. The van der Waals surface area contributed by atoms with Gasteiger partial charge >= 0.3 is 5.69 Å². The van der Waals surface area contributed by atoms with E-state index in [-0.39, 0.29) is 11.5 Å². The van der Waals surface area contributed by atoms with Crippen LogP contribution >= 0.6 is 0 Å². The van der Waals surface area contributed by atoms with Crippen LogP contribution in [0.4, 0.5) is 28.7 Å². The molecule has 0 saturated carbocycles. The van der Waals surface area contributed by atoms with Crippen molar-refractivity contribution >= 4 is 28.7 Å². The van der Waals surface area contributed by atoms with Crippen molar-refractivity contribution in [2.45, 2.75) is 0 Å². The monoisotopic (exact) mass is 377 g/mol. The number of anilines is 4. The zero-order chi connectivity index (χ0) is 19.3. The maximum atomic E-state index is 11.8. The summed E-state index contributed by atoms with van der Waals surface area (Å²) in [7, 11) is 0. The van der Waals surface area contributed by atoms with E-state index in [0.717, 1.165) is 18.8 Å². The van der Waals surface area contributed by atoms with Gasteiger partial charge in [0.2, 0.25) is 11.6 Å². The van der Waals surface area contributed by atoms with Crippen molar-refractivity contribution in [3.63, 3.8) is 0 Å². The van der Waals surface area contributed by atoms with Gasteiger partial charge in [-0.2, -0.15) is 0 Å². The molecule has 0 aliphatic carbocycles. The molecule has 0 radical (unpaired) electrons. The van der Waals surface area contributed by atoms with Crippen LogP contribution in [0.15, 0.2) is 61.2 Å². The summed E-state index contributed by atoms with van der Waals surface area (Å²) in [6.45, 7) is 2.81. The standard InChI is InChI=1S/C19H19N7O2/c27-26(28)17-18(23-15-6-8-20-9-7-15)21-14-22-19(17)25-12-10-24(11-13-25)16-4-2-1-3-5-16/h1-9,14H,10-13H2,(H,20,21,22,23). The highest BCUT2D eigenvalue weighted by Crippen LogP contribution is 2.34. The summed E-state index contributed by atoms with van der Waals surface area (Å²) in [5, 5.41) is 14.8. The van der Waals surface area contributed by atoms with Gasteiger partial charge in [0.1, 0.15) is 6.33 Å². The molecule has 3 heterocycles. The van der Waals surface area contributed by atoms with E-state index < -0.39 is 4.92 Å². The molecule has 0 amide bonds. The molecule has 4 rings (SSSR count). The number of benzene rings is 1. The fourth-order valence-electron chi connectivity index (χ4n) is 3.25. The number of hydrogen-bond donors (Lipinski definition) is 1. The van der Waals surface area contributed by atoms with Gasteiger partial charge in [-0.25, -0.2) is 9.97 Å². The predicted molar refractivity (Wildman–Crippen MR) is 107 cm³/mol. The van der Waals surface area contributed by atoms with Crippen LogP contribution in [0, 0.1) is 10.1 Å². The largest absolute Gasteiger partial charge is 0.368 e. The molecule has 2 aromatic heterocycles. The lowest BCUT2D eigenvalue weighted by atomic mass is 10.2. The SMILES string of the molecule is O=[N+]([O-])c1c(Nc2ccncc2)ncnc1N1CCN(c2ccccc2)CC1. The van der Waals surface area contributed by atoms with Crippen LogP contribution in [0.1, 0.15) is 0 Å². The summed E-state index contributed by atoms with van der Waals surface area (Å²) in [5.41, 5.74) is 1.71. The quantitative estimate of drug-likeness (QED) is 0.535. The smallest absolute Gasteiger partial charge is 0.353 e. The predicted octanol–water partition coefficient (Wildman–Crippen LogP) is 2.85. The van der Waals surface area contributed by atoms with Gasteiger partial charge in [-0.1, -0.05) is 18.2 Å². The van der Waals surface area contributed by atoms with E-state index in [2.05, 4.69) is 37.3 Å². The lowest BCUT2D eigenvalue weighted by Gasteiger charge is -2.36. The van der Waals surface area contributed by atoms with Gasteiger partial charge in [-0.3, -0.25) is 15.1 Å². The van der Waals surface area contributed by atoms with Gasteiger partial charge in [0.05, 0.1) is 4.92 Å². The summed E-state index contributed by atoms with van der Waals surface area (Å²) in [6.07, 6.45) is 4.58. The van der Waals surface area contributed by atoms with Crippen molar-refractivity contribution in [1.29, 1.82) is 0 Å². The third-order valence-corrected chi connectivity index (χ3v) is 4.63. The molecule has 0 bridgehead atoms. The molecule has 1 aromatic carbocycles. The summed E-state index contributed by atoms with van der Waals surface area (Å²) in [6, 6.07) is 13.6. The highest BCUT2D eigenvalue weighted by Gasteiger charge is 2.29. The van der Waals surface area contributed by atoms with E-state index in [1.165, 1.54) is 6.33 Å². The zero-order valence-electron chi connectivity index (χ0n) is 15.1. The Kier molecular flexibility index (Phi) is 4.96. The number of hydrogen-bond acceptors (Lipinski definition) is 8. The van der Waals surface area contributed by atoms with Crippen LogP contribution in [-0.4, -0.2) is 46.1 Å². The number of pyridine rings is 1. The van der Waals surface area contributed by atoms with E-state index in [1.54, 1.807) is 24.5 Å². The molecule has 1 saturated heterocycles. The molecular weight excluding hydrogens is 358 g/mol. The van der Waals surface area contributed by atoms with Crippen LogP contribution in [0.2, 0.25) is 0 Å². The molecule has 0 unspecified atom stereocenters. The first-order valence-corrected chi connectivity index (χ1v) is 8.94. The fraction of sp³-hybridized carbons (Fsp3) is 0.211. The Morgan fingerprint density at radius 3 is 2.29 bits per heavy atom. The van der Waals surface area contributed by atoms with Crippen molar-refractivity contribution in [2.24, 2.45) is 0 Å². The number of nitrogens with zero attached hydrogens (tertiary/aromatic N) is 6. The van der Waals surface area contributed by atoms with Crippen molar-refractivity contribution in [3.8, 4) is 0 Å². The Balaban J connectivity index is 1.56. The number of nitrogens with one attached hydrogen (secondary N) is 1. The van der Waals surface area contributed by atoms with Crippen molar-refractivity contribution < 1.29 is 4.92 Å². The van der Waals surface area contributed by atoms with E-state index in [1.807, 2.05) is 23.1 Å². The maximum absolute atomic E-state index is 11.8. The minimum Gasteiger partial charge on any atom is -0.368 e. The third-order valence-electron chi connectivity index (χ3n) is 4.63. The highest BCUT2D eigenvalue weighted by molar-refractivity contribution is 5.74. The van der Waals surface area contributed by atoms with Crippen LogP contribution in [-0.2, 0) is 0 Å². The summed E-state index contributed by atoms with van der Waals surface area (Å²) < 4.78 is 0. The molecule has 9 heteroatoms. The van der Waals surface area contributed by atoms with E-state index in [0.29, 0.717) is 24.6 Å². The summed E-state index contributed by atoms with van der Waals surface area (Å²) in [4.78, 5) is 27.8. The van der Waals surface area contributed by atoms with Gasteiger partial charge < -0.3 is 15.1 Å². The molecule has 1 fully saturated rings. The molecule has 28 heavy (non-hydrogen) atoms. The van der Waals surface area contributed by atoms with E-state index >= 15 is 0 Å². The van der Waals surface area contributed by atoms with Crippen LogP contribution in [0.3, 0.4) is 0 Å². The van der Waals surface area contributed by atoms with Gasteiger partial charge in [-0.05, 0) is 24.3 Å². The van der Waals surface area contributed by atoms with Crippen molar-refractivity contribution in [1.82, 2.24) is 15.0 Å². The molecular formula is C19H19N7O2. The Hall–Kier alpha value is -3.75. The second-order valence-corrected chi connectivity index (χ2v) is 6.32. The Morgan fingerprint density at radius 1 is 0.929 bits per heavy atom. The Labute approximate surface area is 161 Å². The Morgan fingerprint density at radius 2 is 1.61 bits per heavy atom. The number of nitro groups is 1. The molecule has 0 spiro atoms. The van der Waals surface area contributed by atoms with Gasteiger partial charge in [-0.15, -0.1) is 0 Å². The number of rotatable bonds is 5. The minimum atomic E-state index is -0.428. The molecule has 9 nitrogen and oxygen atoms in total. The third kappa shape index (κ3) is 3.68. The molecule has 1 aliphatic heterocycles. The topological polar surface area (TPSA) is 100 Å². The van der Waals surface area contributed by atoms with Crippen molar-refractivity contribution in [2.75, 3.05) is 41.3 Å². The van der Waals surface area contributed by atoms with Crippen molar-refractivity contribution in [3.05, 3.63) is 71.3 Å². The van der Waals surface area contributed by atoms with E-state index in [4.69, 9.17) is 0 Å². The second-order valence-electron chi connectivity index (χ2n) is 6.32. The molecule has 3 aromatic rings. The van der Waals surface area contributed by atoms with Gasteiger partial charge in [0.25, 0.3) is 0 Å². The normalized spacial score (nSPS) is 14.0. The molecule has 0 atom stereocenters. The Bertz CT molecular complexity index is 945. The summed E-state index contributed by atoms with van der Waals surface area (Å²) >= 11 is 0. The average Bonchev–Trinajstić information content (AvgIpc) is 2.75. The van der Waals surface area contributed by atoms with Gasteiger partial charge in [0, 0.05) is 49.9 Å². The maximum Gasteiger partial charge on any atom is 0.353 e. The lowest BCUT2D eigenvalue weighted by Crippen LogP contribution is -2.47. The number of aromatic nitrogens is 3. The summed E-state index contributed by atoms with van der Waals surface area (Å²) in [5.74, 6) is 0.510. The van der Waals surface area contributed by atoms with Crippen LogP contribution < -0.4 is 15.1 Å². The van der Waals surface area contributed by atoms with E-state index in [9.17, 15) is 10.1 Å². The van der Waals surface area contributed by atoms with Crippen LogP contribution in [0.5, 0.6) is 0 Å². The highest BCUT2D eigenvalue weighted by atomic mass is 16.6. The first kappa shape index (κ1) is 17.7. The lowest BCUT2D eigenvalue weighted by molar-refractivity contribution is -0.383. The first-order valence-electron chi connectivity index (χ1n) is 8.94. The van der Waals surface area contributed by atoms with Gasteiger partial charge in [0.15, 0.2) is 0 Å². The molecule has 142 valence electrons. The first-order chi connectivity index (χ1) is 13.7. The number of piperazine rings is 1. The molecule has 1 N–H and O–H groups in total.